The number of rotatable bonds is 5. The van der Waals surface area contributed by atoms with Crippen molar-refractivity contribution in [1.29, 1.82) is 0 Å². The number of hydrogen-bond acceptors (Lipinski definition) is 7. The van der Waals surface area contributed by atoms with Gasteiger partial charge in [0.1, 0.15) is 5.82 Å². The van der Waals surface area contributed by atoms with Gasteiger partial charge in [-0.05, 0) is 6.92 Å². The predicted octanol–water partition coefficient (Wildman–Crippen LogP) is 1.68. The molecule has 19 heavy (non-hydrogen) atoms. The first-order valence-corrected chi connectivity index (χ1v) is 6.62. The van der Waals surface area contributed by atoms with Crippen molar-refractivity contribution >= 4 is 23.1 Å². The lowest BCUT2D eigenvalue weighted by Crippen LogP contribution is -2.10. The fourth-order valence-corrected chi connectivity index (χ4v) is 2.24. The molecule has 0 saturated heterocycles. The maximum atomic E-state index is 11.3. The minimum atomic E-state index is -0.494. The molecule has 1 N–H and O–H groups in total. The number of nitrogens with zero attached hydrogens (tertiary/aromatic N) is 3. The van der Waals surface area contributed by atoms with Crippen LogP contribution in [0.2, 0.25) is 0 Å². The van der Waals surface area contributed by atoms with E-state index in [0.717, 1.165) is 17.1 Å². The second kappa shape index (κ2) is 6.24. The van der Waals surface area contributed by atoms with E-state index in [2.05, 4.69) is 25.0 Å². The van der Waals surface area contributed by atoms with Crippen LogP contribution in [-0.2, 0) is 11.2 Å². The Morgan fingerprint density at radius 3 is 2.95 bits per heavy atom. The van der Waals surface area contributed by atoms with E-state index < -0.39 is 5.97 Å². The van der Waals surface area contributed by atoms with Crippen molar-refractivity contribution in [2.24, 2.45) is 0 Å². The van der Waals surface area contributed by atoms with Crippen LogP contribution >= 0.6 is 11.3 Å². The van der Waals surface area contributed by atoms with Crippen molar-refractivity contribution < 1.29 is 9.53 Å². The number of aromatic nitrogens is 3. The zero-order chi connectivity index (χ0) is 13.7. The third-order valence-corrected chi connectivity index (χ3v) is 3.37. The second-order valence-corrected chi connectivity index (χ2v) is 4.78. The molecule has 0 amide bonds. The molecule has 2 heterocycles. The molecule has 7 heteroatoms. The third kappa shape index (κ3) is 3.72. The van der Waals surface area contributed by atoms with Gasteiger partial charge in [-0.1, -0.05) is 0 Å². The Hall–Kier alpha value is -2.02. The van der Waals surface area contributed by atoms with Gasteiger partial charge in [0.2, 0.25) is 0 Å². The number of carbonyl (C=O) groups is 1. The van der Waals surface area contributed by atoms with Gasteiger partial charge in [-0.25, -0.2) is 14.8 Å². The summed E-state index contributed by atoms with van der Waals surface area (Å²) in [5, 5.41) is 6.20. The average molecular weight is 278 g/mol. The Bertz CT molecular complexity index is 570. The number of hydrogen-bond donors (Lipinski definition) is 1. The van der Waals surface area contributed by atoms with Gasteiger partial charge in [-0.3, -0.25) is 4.98 Å². The topological polar surface area (TPSA) is 77.0 Å². The smallest absolute Gasteiger partial charge is 0.358 e. The van der Waals surface area contributed by atoms with Crippen LogP contribution in [0.15, 0.2) is 17.8 Å². The molecule has 0 spiro atoms. The zero-order valence-electron chi connectivity index (χ0n) is 10.7. The molecule has 2 rings (SSSR count). The fourth-order valence-electron chi connectivity index (χ4n) is 1.47. The molecule has 100 valence electrons. The van der Waals surface area contributed by atoms with Crippen molar-refractivity contribution in [3.05, 3.63) is 34.2 Å². The molecular weight excluding hydrogens is 264 g/mol. The van der Waals surface area contributed by atoms with Crippen molar-refractivity contribution in [3.63, 3.8) is 0 Å². The van der Waals surface area contributed by atoms with Crippen LogP contribution in [0, 0.1) is 6.92 Å². The third-order valence-electron chi connectivity index (χ3n) is 2.34. The van der Waals surface area contributed by atoms with E-state index in [4.69, 9.17) is 0 Å². The highest BCUT2D eigenvalue weighted by Gasteiger charge is 2.08. The van der Waals surface area contributed by atoms with Crippen LogP contribution in [0.4, 0.5) is 5.82 Å². The molecule has 0 aromatic carbocycles. The molecular formula is C12H14N4O2S. The predicted molar refractivity (Wildman–Crippen MR) is 72.4 cm³/mol. The molecule has 0 aliphatic rings. The molecule has 2 aromatic heterocycles. The Kier molecular flexibility index (Phi) is 4.40. The van der Waals surface area contributed by atoms with Crippen LogP contribution in [0.1, 0.15) is 21.2 Å². The number of thiazole rings is 1. The first-order valence-electron chi connectivity index (χ1n) is 5.74. The van der Waals surface area contributed by atoms with E-state index in [1.165, 1.54) is 13.3 Å². The van der Waals surface area contributed by atoms with E-state index >= 15 is 0 Å². The maximum Gasteiger partial charge on any atom is 0.358 e. The van der Waals surface area contributed by atoms with Crippen LogP contribution in [0.25, 0.3) is 0 Å². The Morgan fingerprint density at radius 2 is 2.26 bits per heavy atom. The Labute approximate surface area is 114 Å². The molecule has 0 bridgehead atoms. The molecule has 0 aliphatic carbocycles. The molecule has 0 radical (unpaired) electrons. The standard InChI is InChI=1S/C12H14N4O2S/c1-8-7-19-11(15-8)3-4-14-10-6-13-5-9(16-10)12(17)18-2/h5-7H,3-4H2,1-2H3,(H,14,16). The lowest BCUT2D eigenvalue weighted by atomic mass is 10.4. The summed E-state index contributed by atoms with van der Waals surface area (Å²) >= 11 is 1.64. The molecule has 0 unspecified atom stereocenters. The number of anilines is 1. The van der Waals surface area contributed by atoms with Crippen molar-refractivity contribution in [1.82, 2.24) is 15.0 Å². The van der Waals surface area contributed by atoms with Gasteiger partial charge in [0.05, 0.1) is 24.5 Å². The SMILES string of the molecule is COC(=O)c1cncc(NCCc2nc(C)cs2)n1. The maximum absolute atomic E-state index is 11.3. The van der Waals surface area contributed by atoms with E-state index in [1.54, 1.807) is 17.5 Å². The molecule has 2 aromatic rings. The summed E-state index contributed by atoms with van der Waals surface area (Å²) in [6.07, 6.45) is 3.75. The van der Waals surface area contributed by atoms with Crippen LogP contribution < -0.4 is 5.32 Å². The molecule has 0 aliphatic heterocycles. The van der Waals surface area contributed by atoms with Crippen molar-refractivity contribution in [3.8, 4) is 0 Å². The largest absolute Gasteiger partial charge is 0.464 e. The number of nitrogens with one attached hydrogen (secondary N) is 1. The molecule has 0 fully saturated rings. The molecule has 0 atom stereocenters. The molecule has 0 saturated carbocycles. The van der Waals surface area contributed by atoms with Gasteiger partial charge in [0, 0.05) is 24.0 Å². The summed E-state index contributed by atoms with van der Waals surface area (Å²) in [6, 6.07) is 0. The highest BCUT2D eigenvalue weighted by Crippen LogP contribution is 2.10. The number of carbonyl (C=O) groups excluding carboxylic acids is 1. The summed E-state index contributed by atoms with van der Waals surface area (Å²) < 4.78 is 4.59. The summed E-state index contributed by atoms with van der Waals surface area (Å²) in [6.45, 7) is 2.66. The quantitative estimate of drug-likeness (QED) is 0.839. The summed E-state index contributed by atoms with van der Waals surface area (Å²) in [5.41, 5.74) is 1.23. The lowest BCUT2D eigenvalue weighted by molar-refractivity contribution is 0.0593. The normalized spacial score (nSPS) is 10.2. The first-order chi connectivity index (χ1) is 9.19. The Balaban J connectivity index is 1.90. The van der Waals surface area contributed by atoms with E-state index in [9.17, 15) is 4.79 Å². The number of ether oxygens (including phenoxy) is 1. The molecule has 6 nitrogen and oxygen atoms in total. The van der Waals surface area contributed by atoms with Gasteiger partial charge in [0.15, 0.2) is 5.69 Å². The van der Waals surface area contributed by atoms with Crippen LogP contribution in [0.5, 0.6) is 0 Å². The van der Waals surface area contributed by atoms with Crippen LogP contribution in [0.3, 0.4) is 0 Å². The summed E-state index contributed by atoms with van der Waals surface area (Å²) in [5.74, 6) is 0.0582. The minimum absolute atomic E-state index is 0.192. The van der Waals surface area contributed by atoms with Gasteiger partial charge in [-0.2, -0.15) is 0 Å². The monoisotopic (exact) mass is 278 g/mol. The number of aryl methyl sites for hydroxylation is 1. The first kappa shape index (κ1) is 13.4. The van der Waals surface area contributed by atoms with Gasteiger partial charge >= 0.3 is 5.97 Å². The average Bonchev–Trinajstić information content (AvgIpc) is 2.84. The Morgan fingerprint density at radius 1 is 1.42 bits per heavy atom. The van der Waals surface area contributed by atoms with Gasteiger partial charge in [-0.15, -0.1) is 11.3 Å². The van der Waals surface area contributed by atoms with Crippen LogP contribution in [-0.4, -0.2) is 34.6 Å². The lowest BCUT2D eigenvalue weighted by Gasteiger charge is -2.05. The number of methoxy groups -OCH3 is 1. The van der Waals surface area contributed by atoms with E-state index in [-0.39, 0.29) is 5.69 Å². The highest BCUT2D eigenvalue weighted by molar-refractivity contribution is 7.09. The van der Waals surface area contributed by atoms with Crippen molar-refractivity contribution in [2.75, 3.05) is 19.0 Å². The van der Waals surface area contributed by atoms with Crippen molar-refractivity contribution in [2.45, 2.75) is 13.3 Å². The van der Waals surface area contributed by atoms with Gasteiger partial charge in [0.25, 0.3) is 0 Å². The highest BCUT2D eigenvalue weighted by atomic mass is 32.1. The van der Waals surface area contributed by atoms with Gasteiger partial charge < -0.3 is 10.1 Å². The fraction of sp³-hybridized carbons (Fsp3) is 0.333. The number of esters is 1. The zero-order valence-corrected chi connectivity index (χ0v) is 11.5. The summed E-state index contributed by atoms with van der Waals surface area (Å²) in [7, 11) is 1.31. The van der Waals surface area contributed by atoms with E-state index in [0.29, 0.717) is 12.4 Å². The second-order valence-electron chi connectivity index (χ2n) is 3.84. The summed E-state index contributed by atoms with van der Waals surface area (Å²) in [4.78, 5) is 23.7. The minimum Gasteiger partial charge on any atom is -0.464 e. The van der Waals surface area contributed by atoms with E-state index in [1.807, 2.05) is 12.3 Å².